The molecule has 0 radical (unpaired) electrons. The molecular formula is C8H10F3I. The highest BCUT2D eigenvalue weighted by molar-refractivity contribution is 14.1. The smallest absolute Gasteiger partial charge is 0.171 e. The zero-order valence-electron chi connectivity index (χ0n) is 6.71. The Kier molecular flexibility index (Phi) is 1.61. The normalized spacial score (nSPS) is 47.8. The molecule has 0 aromatic rings. The molecular weight excluding hydrogens is 280 g/mol. The van der Waals surface area contributed by atoms with Crippen LogP contribution in [0.1, 0.15) is 26.2 Å². The first-order chi connectivity index (χ1) is 5.31. The molecule has 0 nitrogen and oxygen atoms in total. The average molecular weight is 290 g/mol. The van der Waals surface area contributed by atoms with E-state index in [4.69, 9.17) is 0 Å². The average Bonchev–Trinajstić information content (AvgIpc) is 1.46. The Morgan fingerprint density at radius 1 is 1.25 bits per heavy atom. The third-order valence-corrected chi connectivity index (χ3v) is 4.84. The van der Waals surface area contributed by atoms with E-state index in [1.54, 1.807) is 0 Å². The standard InChI is InChI=1S/C8H10F3I/c1-5(12)6-2-7(3-6,4-6)8(9,10)11/h5H,2-4H2,1H3. The summed E-state index contributed by atoms with van der Waals surface area (Å²) in [7, 11) is 0. The second kappa shape index (κ2) is 2.12. The third kappa shape index (κ3) is 0.849. The van der Waals surface area contributed by atoms with Gasteiger partial charge in [-0.15, -0.1) is 0 Å². The van der Waals surface area contributed by atoms with Crippen LogP contribution in [-0.4, -0.2) is 10.1 Å². The summed E-state index contributed by atoms with van der Waals surface area (Å²) >= 11 is 2.24. The van der Waals surface area contributed by atoms with E-state index in [0.717, 1.165) is 0 Å². The molecule has 2 bridgehead atoms. The maximum atomic E-state index is 12.4. The van der Waals surface area contributed by atoms with Gasteiger partial charge in [-0.3, -0.25) is 0 Å². The van der Waals surface area contributed by atoms with Gasteiger partial charge < -0.3 is 0 Å². The topological polar surface area (TPSA) is 0 Å². The van der Waals surface area contributed by atoms with Crippen LogP contribution in [0.4, 0.5) is 13.2 Å². The Balaban J connectivity index is 2.05. The molecule has 0 spiro atoms. The van der Waals surface area contributed by atoms with E-state index in [-0.39, 0.29) is 5.41 Å². The van der Waals surface area contributed by atoms with Crippen molar-refractivity contribution in [3.05, 3.63) is 0 Å². The summed E-state index contributed by atoms with van der Waals surface area (Å²) < 4.78 is 37.4. The molecule has 3 fully saturated rings. The van der Waals surface area contributed by atoms with E-state index in [9.17, 15) is 13.2 Å². The van der Waals surface area contributed by atoms with Crippen molar-refractivity contribution < 1.29 is 13.2 Å². The summed E-state index contributed by atoms with van der Waals surface area (Å²) in [5.74, 6) is 0. The highest BCUT2D eigenvalue weighted by atomic mass is 127. The summed E-state index contributed by atoms with van der Waals surface area (Å²) in [4.78, 5) is 0. The summed E-state index contributed by atoms with van der Waals surface area (Å²) in [6.45, 7) is 2.01. The van der Waals surface area contributed by atoms with Crippen LogP contribution < -0.4 is 0 Å². The first-order valence-corrected chi connectivity index (χ1v) is 5.27. The van der Waals surface area contributed by atoms with Gasteiger partial charge in [0.1, 0.15) is 0 Å². The minimum atomic E-state index is -3.94. The molecule has 70 valence electrons. The summed E-state index contributed by atoms with van der Waals surface area (Å²) in [5, 5.41) is 0. The molecule has 1 atom stereocenters. The number of rotatable bonds is 1. The Morgan fingerprint density at radius 3 is 1.92 bits per heavy atom. The molecule has 3 aliphatic carbocycles. The summed E-state index contributed by atoms with van der Waals surface area (Å²) in [6, 6.07) is 0. The summed E-state index contributed by atoms with van der Waals surface area (Å²) in [6.07, 6.45) is -2.80. The lowest BCUT2D eigenvalue weighted by molar-refractivity contribution is -0.360. The number of halogens is 4. The van der Waals surface area contributed by atoms with Crippen LogP contribution >= 0.6 is 22.6 Å². The Bertz CT molecular complexity index is 199. The lowest BCUT2D eigenvalue weighted by Crippen LogP contribution is -2.70. The predicted octanol–water partition coefficient (Wildman–Crippen LogP) is 3.54. The molecule has 4 heteroatoms. The second-order valence-corrected chi connectivity index (χ2v) is 6.16. The van der Waals surface area contributed by atoms with Crippen LogP contribution in [0.5, 0.6) is 0 Å². The fourth-order valence-electron chi connectivity index (χ4n) is 2.59. The zero-order chi connectivity index (χ0) is 9.20. The zero-order valence-corrected chi connectivity index (χ0v) is 8.87. The SMILES string of the molecule is CC(I)C12CC(C(F)(F)F)(C1)C2. The van der Waals surface area contributed by atoms with Crippen molar-refractivity contribution in [3.8, 4) is 0 Å². The second-order valence-electron chi connectivity index (χ2n) is 4.29. The molecule has 0 aromatic carbocycles. The molecule has 12 heavy (non-hydrogen) atoms. The number of alkyl halides is 4. The quantitative estimate of drug-likeness (QED) is 0.512. The minimum Gasteiger partial charge on any atom is -0.171 e. The van der Waals surface area contributed by atoms with Crippen LogP contribution in [-0.2, 0) is 0 Å². The van der Waals surface area contributed by atoms with Crippen molar-refractivity contribution in [1.82, 2.24) is 0 Å². The lowest BCUT2D eigenvalue weighted by atomic mass is 9.34. The van der Waals surface area contributed by atoms with Gasteiger partial charge in [0.25, 0.3) is 0 Å². The number of hydrogen-bond acceptors (Lipinski definition) is 0. The van der Waals surface area contributed by atoms with Gasteiger partial charge in [-0.25, -0.2) is 0 Å². The van der Waals surface area contributed by atoms with Crippen molar-refractivity contribution in [2.45, 2.75) is 36.3 Å². The largest absolute Gasteiger partial charge is 0.394 e. The minimum absolute atomic E-state index is 0.0517. The molecule has 0 heterocycles. The van der Waals surface area contributed by atoms with E-state index in [0.29, 0.717) is 23.2 Å². The molecule has 0 N–H and O–H groups in total. The summed E-state index contributed by atoms with van der Waals surface area (Å²) in [5.41, 5.74) is -1.21. The molecule has 3 aliphatic rings. The van der Waals surface area contributed by atoms with Crippen LogP contribution in [0.2, 0.25) is 0 Å². The molecule has 0 aromatic heterocycles. The molecule has 1 unspecified atom stereocenters. The van der Waals surface area contributed by atoms with Gasteiger partial charge in [0, 0.05) is 3.92 Å². The van der Waals surface area contributed by atoms with Crippen LogP contribution in [0.3, 0.4) is 0 Å². The van der Waals surface area contributed by atoms with E-state index < -0.39 is 11.6 Å². The Hall–Kier alpha value is 0.520. The van der Waals surface area contributed by atoms with Crippen LogP contribution in [0, 0.1) is 10.8 Å². The molecule has 0 amide bonds. The first-order valence-electron chi connectivity index (χ1n) is 4.02. The maximum absolute atomic E-state index is 12.4. The highest BCUT2D eigenvalue weighted by Gasteiger charge is 2.79. The van der Waals surface area contributed by atoms with Gasteiger partial charge in [0.15, 0.2) is 0 Å². The van der Waals surface area contributed by atoms with Crippen LogP contribution in [0.15, 0.2) is 0 Å². The van der Waals surface area contributed by atoms with E-state index >= 15 is 0 Å². The Morgan fingerprint density at radius 2 is 1.67 bits per heavy atom. The Labute approximate surface area is 83.0 Å². The molecule has 3 saturated carbocycles. The van der Waals surface area contributed by atoms with Gasteiger partial charge >= 0.3 is 6.18 Å². The first kappa shape index (κ1) is 9.09. The van der Waals surface area contributed by atoms with Crippen molar-refractivity contribution in [1.29, 1.82) is 0 Å². The fraction of sp³-hybridized carbons (Fsp3) is 1.00. The van der Waals surface area contributed by atoms with E-state index in [1.165, 1.54) is 0 Å². The molecule has 3 rings (SSSR count). The maximum Gasteiger partial charge on any atom is 0.394 e. The van der Waals surface area contributed by atoms with Crippen molar-refractivity contribution in [2.24, 2.45) is 10.8 Å². The fourth-order valence-corrected chi connectivity index (χ4v) is 3.25. The van der Waals surface area contributed by atoms with E-state index in [1.807, 2.05) is 6.92 Å². The van der Waals surface area contributed by atoms with Gasteiger partial charge in [-0.1, -0.05) is 29.5 Å². The predicted molar refractivity (Wildman–Crippen MR) is 48.3 cm³/mol. The third-order valence-electron chi connectivity index (χ3n) is 3.52. The van der Waals surface area contributed by atoms with Crippen molar-refractivity contribution in [2.75, 3.05) is 0 Å². The molecule has 0 aliphatic heterocycles. The van der Waals surface area contributed by atoms with E-state index in [2.05, 4.69) is 22.6 Å². The van der Waals surface area contributed by atoms with Gasteiger partial charge in [0.2, 0.25) is 0 Å². The monoisotopic (exact) mass is 290 g/mol. The highest BCUT2D eigenvalue weighted by Crippen LogP contribution is 2.80. The van der Waals surface area contributed by atoms with Crippen LogP contribution in [0.25, 0.3) is 0 Å². The van der Waals surface area contributed by atoms with Crippen molar-refractivity contribution in [3.63, 3.8) is 0 Å². The van der Waals surface area contributed by atoms with Crippen molar-refractivity contribution >= 4 is 22.6 Å². The van der Waals surface area contributed by atoms with Gasteiger partial charge in [0.05, 0.1) is 5.41 Å². The molecule has 0 saturated heterocycles. The van der Waals surface area contributed by atoms with Gasteiger partial charge in [-0.2, -0.15) is 13.2 Å². The van der Waals surface area contributed by atoms with Gasteiger partial charge in [-0.05, 0) is 24.7 Å². The number of hydrogen-bond donors (Lipinski definition) is 0. The lowest BCUT2D eigenvalue weighted by Gasteiger charge is -2.72.